The second-order valence-electron chi connectivity index (χ2n) is 8.22. The molecule has 2 fully saturated rings. The average Bonchev–Trinajstić information content (AvgIpc) is 2.78. The van der Waals surface area contributed by atoms with Gasteiger partial charge in [-0.3, -0.25) is 14.8 Å². The highest BCUT2D eigenvalue weighted by atomic mass is 16.5. The van der Waals surface area contributed by atoms with E-state index < -0.39 is 0 Å². The summed E-state index contributed by atoms with van der Waals surface area (Å²) in [6.45, 7) is 14.0. The largest absolute Gasteiger partial charge is 0.379 e. The Bertz CT molecular complexity index is 619. The Hall–Kier alpha value is -1.67. The van der Waals surface area contributed by atoms with Crippen LogP contribution in [-0.2, 0) is 4.74 Å². The number of benzene rings is 1. The quantitative estimate of drug-likeness (QED) is 0.359. The van der Waals surface area contributed by atoms with Crippen LogP contribution in [0.2, 0.25) is 0 Å². The molecule has 0 amide bonds. The van der Waals surface area contributed by atoms with E-state index in [-0.39, 0.29) is 0 Å². The summed E-state index contributed by atoms with van der Waals surface area (Å²) in [6, 6.07) is 11.4. The number of likely N-dealkylation sites (N-methyl/N-ethyl adjacent to an activating group) is 1. The summed E-state index contributed by atoms with van der Waals surface area (Å²) in [5, 5.41) is 6.86. The third-order valence-corrected chi connectivity index (χ3v) is 5.92. The Balaban J connectivity index is 1.43. The summed E-state index contributed by atoms with van der Waals surface area (Å²) >= 11 is 0. The molecule has 2 aliphatic rings. The van der Waals surface area contributed by atoms with Crippen LogP contribution in [0, 0.1) is 0 Å². The van der Waals surface area contributed by atoms with Gasteiger partial charge in [0.05, 0.1) is 13.2 Å². The van der Waals surface area contributed by atoms with Gasteiger partial charge in [0.25, 0.3) is 0 Å². The van der Waals surface area contributed by atoms with Crippen molar-refractivity contribution >= 4 is 5.96 Å². The summed E-state index contributed by atoms with van der Waals surface area (Å²) in [6.07, 6.45) is 1.08. The van der Waals surface area contributed by atoms with E-state index in [9.17, 15) is 0 Å². The minimum atomic E-state index is 0.480. The zero-order valence-corrected chi connectivity index (χ0v) is 18.9. The summed E-state index contributed by atoms with van der Waals surface area (Å²) in [5.41, 5.74) is 1.42. The third kappa shape index (κ3) is 7.54. The third-order valence-electron chi connectivity index (χ3n) is 5.92. The van der Waals surface area contributed by atoms with Crippen molar-refractivity contribution in [2.24, 2.45) is 4.99 Å². The Labute approximate surface area is 182 Å². The van der Waals surface area contributed by atoms with Crippen molar-refractivity contribution in [2.45, 2.75) is 19.4 Å². The van der Waals surface area contributed by atoms with E-state index in [0.29, 0.717) is 6.04 Å². The lowest BCUT2D eigenvalue weighted by molar-refractivity contribution is 0.0389. The van der Waals surface area contributed by atoms with Crippen LogP contribution >= 0.6 is 0 Å². The lowest BCUT2D eigenvalue weighted by atomic mass is 10.0. The van der Waals surface area contributed by atoms with E-state index in [1.54, 1.807) is 0 Å². The van der Waals surface area contributed by atoms with Crippen LogP contribution in [0.25, 0.3) is 0 Å². The van der Waals surface area contributed by atoms with Gasteiger partial charge in [-0.25, -0.2) is 0 Å². The van der Waals surface area contributed by atoms with Gasteiger partial charge in [-0.05, 0) is 26.0 Å². The SMILES string of the molecule is CCNC(=NCCCN1CCN(C)CC1c1ccccc1)NCCN1CCOCC1. The van der Waals surface area contributed by atoms with E-state index in [4.69, 9.17) is 9.73 Å². The monoisotopic (exact) mass is 416 g/mol. The number of piperazine rings is 1. The number of nitrogens with one attached hydrogen (secondary N) is 2. The molecule has 0 bridgehead atoms. The molecule has 2 N–H and O–H groups in total. The lowest BCUT2D eigenvalue weighted by Crippen LogP contribution is -2.47. The molecule has 0 saturated carbocycles. The highest BCUT2D eigenvalue weighted by Crippen LogP contribution is 2.24. The maximum absolute atomic E-state index is 5.42. The molecule has 0 aromatic heterocycles. The summed E-state index contributed by atoms with van der Waals surface area (Å²) in [4.78, 5) is 12.3. The van der Waals surface area contributed by atoms with E-state index in [0.717, 1.165) is 91.0 Å². The van der Waals surface area contributed by atoms with Crippen LogP contribution in [0.1, 0.15) is 24.9 Å². The molecule has 3 rings (SSSR count). The van der Waals surface area contributed by atoms with Crippen molar-refractivity contribution in [3.05, 3.63) is 35.9 Å². The van der Waals surface area contributed by atoms with Crippen LogP contribution in [0.4, 0.5) is 0 Å². The molecule has 1 aromatic carbocycles. The molecule has 0 radical (unpaired) electrons. The van der Waals surface area contributed by atoms with Gasteiger partial charge in [-0.1, -0.05) is 30.3 Å². The minimum Gasteiger partial charge on any atom is -0.379 e. The van der Waals surface area contributed by atoms with Crippen LogP contribution < -0.4 is 10.6 Å². The molecular formula is C23H40N6O. The molecule has 168 valence electrons. The average molecular weight is 417 g/mol. The normalized spacial score (nSPS) is 22.2. The first kappa shape index (κ1) is 23.0. The molecule has 7 nitrogen and oxygen atoms in total. The molecule has 7 heteroatoms. The number of morpholine rings is 1. The van der Waals surface area contributed by atoms with Gasteiger partial charge in [-0.15, -0.1) is 0 Å². The lowest BCUT2D eigenvalue weighted by Gasteiger charge is -2.40. The number of hydrogen-bond acceptors (Lipinski definition) is 5. The minimum absolute atomic E-state index is 0.480. The maximum atomic E-state index is 5.42. The molecule has 1 atom stereocenters. The fourth-order valence-corrected chi connectivity index (χ4v) is 4.18. The van der Waals surface area contributed by atoms with Crippen LogP contribution in [0.3, 0.4) is 0 Å². The van der Waals surface area contributed by atoms with Gasteiger partial charge in [0.2, 0.25) is 0 Å². The second-order valence-corrected chi connectivity index (χ2v) is 8.22. The fourth-order valence-electron chi connectivity index (χ4n) is 4.18. The second kappa shape index (κ2) is 12.9. The molecule has 0 spiro atoms. The van der Waals surface area contributed by atoms with Gasteiger partial charge in [0.1, 0.15) is 0 Å². The van der Waals surface area contributed by atoms with Gasteiger partial charge in [0, 0.05) is 71.5 Å². The van der Waals surface area contributed by atoms with Crippen LogP contribution in [-0.4, -0.2) is 106 Å². The molecule has 30 heavy (non-hydrogen) atoms. The van der Waals surface area contributed by atoms with E-state index >= 15 is 0 Å². The molecule has 2 heterocycles. The zero-order chi connectivity index (χ0) is 21.0. The molecule has 1 aromatic rings. The molecule has 1 unspecified atom stereocenters. The van der Waals surface area contributed by atoms with Gasteiger partial charge in [-0.2, -0.15) is 0 Å². The predicted octanol–water partition coefficient (Wildman–Crippen LogP) is 1.25. The number of nitrogens with zero attached hydrogens (tertiary/aromatic N) is 4. The van der Waals surface area contributed by atoms with E-state index in [1.165, 1.54) is 5.56 Å². The highest BCUT2D eigenvalue weighted by molar-refractivity contribution is 5.79. The summed E-state index contributed by atoms with van der Waals surface area (Å²) < 4.78 is 5.42. The Morgan fingerprint density at radius 3 is 2.63 bits per heavy atom. The number of rotatable bonds is 9. The summed E-state index contributed by atoms with van der Waals surface area (Å²) in [7, 11) is 2.23. The molecular weight excluding hydrogens is 376 g/mol. The van der Waals surface area contributed by atoms with Crippen molar-refractivity contribution in [3.63, 3.8) is 0 Å². The van der Waals surface area contributed by atoms with Gasteiger partial charge < -0.3 is 20.3 Å². The maximum Gasteiger partial charge on any atom is 0.191 e. The van der Waals surface area contributed by atoms with Crippen molar-refractivity contribution in [1.82, 2.24) is 25.3 Å². The molecule has 2 aliphatic heterocycles. The smallest absolute Gasteiger partial charge is 0.191 e. The first-order valence-corrected chi connectivity index (χ1v) is 11.6. The number of ether oxygens (including phenoxy) is 1. The van der Waals surface area contributed by atoms with Crippen molar-refractivity contribution in [2.75, 3.05) is 85.7 Å². The standard InChI is InChI=1S/C23H40N6O/c1-3-24-23(26-11-13-28-16-18-30-19-17-28)25-10-7-12-29-15-14-27(2)20-22(29)21-8-5-4-6-9-21/h4-6,8-9,22H,3,7,10-20H2,1-2H3,(H2,24,25,26). The number of hydrogen-bond donors (Lipinski definition) is 2. The summed E-state index contributed by atoms with van der Waals surface area (Å²) in [5.74, 6) is 0.934. The molecule has 2 saturated heterocycles. The van der Waals surface area contributed by atoms with Crippen molar-refractivity contribution in [1.29, 1.82) is 0 Å². The van der Waals surface area contributed by atoms with Gasteiger partial charge in [0.15, 0.2) is 5.96 Å². The Morgan fingerprint density at radius 2 is 1.87 bits per heavy atom. The van der Waals surface area contributed by atoms with Gasteiger partial charge >= 0.3 is 0 Å². The molecule has 0 aliphatic carbocycles. The predicted molar refractivity (Wildman–Crippen MR) is 124 cm³/mol. The van der Waals surface area contributed by atoms with Crippen LogP contribution in [0.15, 0.2) is 35.3 Å². The van der Waals surface area contributed by atoms with Crippen LogP contribution in [0.5, 0.6) is 0 Å². The first-order chi connectivity index (χ1) is 14.8. The number of guanidine groups is 1. The topological polar surface area (TPSA) is 55.4 Å². The fraction of sp³-hybridized carbons (Fsp3) is 0.696. The van der Waals surface area contributed by atoms with Crippen molar-refractivity contribution in [3.8, 4) is 0 Å². The Morgan fingerprint density at radius 1 is 1.07 bits per heavy atom. The highest BCUT2D eigenvalue weighted by Gasteiger charge is 2.25. The van der Waals surface area contributed by atoms with E-state index in [2.05, 4.69) is 69.6 Å². The first-order valence-electron chi connectivity index (χ1n) is 11.6. The van der Waals surface area contributed by atoms with E-state index in [1.807, 2.05) is 0 Å². The van der Waals surface area contributed by atoms with Crippen molar-refractivity contribution < 1.29 is 4.74 Å². The zero-order valence-electron chi connectivity index (χ0n) is 18.9. The Kier molecular flexibility index (Phi) is 9.89. The number of aliphatic imine (C=N–C) groups is 1.